The van der Waals surface area contributed by atoms with E-state index in [2.05, 4.69) is 14.7 Å². The van der Waals surface area contributed by atoms with Gasteiger partial charge in [0.15, 0.2) is 0 Å². The van der Waals surface area contributed by atoms with Gasteiger partial charge in [0.05, 0.1) is 28.4 Å². The summed E-state index contributed by atoms with van der Waals surface area (Å²) in [5, 5.41) is 0. The van der Waals surface area contributed by atoms with Crippen molar-refractivity contribution in [1.82, 2.24) is 14.7 Å². The van der Waals surface area contributed by atoms with Crippen molar-refractivity contribution < 1.29 is 21.6 Å². The maximum absolute atomic E-state index is 12.9. The topological polar surface area (TPSA) is 74.8 Å². The molecule has 0 saturated carbocycles. The second-order valence-corrected chi connectivity index (χ2v) is 7.87. The Bertz CT molecular complexity index is 1050. The lowest BCUT2D eigenvalue weighted by Gasteiger charge is -2.16. The number of benzene rings is 2. The molecule has 0 saturated heterocycles. The van der Waals surface area contributed by atoms with Crippen molar-refractivity contribution in [2.24, 2.45) is 0 Å². The highest BCUT2D eigenvalue weighted by Crippen LogP contribution is 2.31. The number of rotatable bonds is 6. The molecular weight excluding hydrogens is 391 g/mol. The van der Waals surface area contributed by atoms with Gasteiger partial charge in [0.25, 0.3) is 0 Å². The molecule has 2 aromatic carbocycles. The molecule has 0 amide bonds. The number of H-pyrrole nitrogens is 1. The molecule has 0 aliphatic rings. The van der Waals surface area contributed by atoms with Gasteiger partial charge in [-0.1, -0.05) is 43.3 Å². The molecule has 0 radical (unpaired) electrons. The Morgan fingerprint density at radius 3 is 2.46 bits per heavy atom. The van der Waals surface area contributed by atoms with Crippen LogP contribution in [0, 0.1) is 0 Å². The van der Waals surface area contributed by atoms with E-state index in [1.54, 1.807) is 13.1 Å². The smallest absolute Gasteiger partial charge is 0.341 e. The molecule has 0 aliphatic carbocycles. The third kappa shape index (κ3) is 4.42. The molecule has 0 fully saturated rings. The summed E-state index contributed by atoms with van der Waals surface area (Å²) in [6.45, 7) is 1.75. The van der Waals surface area contributed by atoms with Gasteiger partial charge in [-0.2, -0.15) is 13.2 Å². The highest BCUT2D eigenvalue weighted by molar-refractivity contribution is 7.89. The molecule has 3 aromatic rings. The Balaban J connectivity index is 1.86. The zero-order valence-electron chi connectivity index (χ0n) is 14.9. The molecule has 0 bridgehead atoms. The number of aromatic amines is 1. The summed E-state index contributed by atoms with van der Waals surface area (Å²) in [5.41, 5.74) is 0.581. The number of aromatic nitrogens is 2. The second-order valence-electron chi connectivity index (χ2n) is 6.16. The van der Waals surface area contributed by atoms with Crippen LogP contribution in [0.1, 0.15) is 30.8 Å². The Morgan fingerprint density at radius 2 is 1.82 bits per heavy atom. The largest absolute Gasteiger partial charge is 0.416 e. The van der Waals surface area contributed by atoms with Gasteiger partial charge in [-0.05, 0) is 30.2 Å². The van der Waals surface area contributed by atoms with Crippen molar-refractivity contribution in [2.75, 3.05) is 0 Å². The predicted octanol–water partition coefficient (Wildman–Crippen LogP) is 4.53. The molecule has 148 valence electrons. The minimum Gasteiger partial charge on any atom is -0.341 e. The lowest BCUT2D eigenvalue weighted by Crippen LogP contribution is -2.29. The summed E-state index contributed by atoms with van der Waals surface area (Å²) in [4.78, 5) is 6.86. The average Bonchev–Trinajstić information content (AvgIpc) is 3.16. The number of hydrogen-bond donors (Lipinski definition) is 2. The van der Waals surface area contributed by atoms with Crippen molar-refractivity contribution in [2.45, 2.75) is 30.5 Å². The van der Waals surface area contributed by atoms with Crippen molar-refractivity contribution in [3.05, 3.63) is 72.2 Å². The summed E-state index contributed by atoms with van der Waals surface area (Å²) in [7, 11) is -4.17. The lowest BCUT2D eigenvalue weighted by molar-refractivity contribution is -0.137. The van der Waals surface area contributed by atoms with Crippen molar-refractivity contribution in [3.8, 4) is 11.3 Å². The summed E-state index contributed by atoms with van der Waals surface area (Å²) in [5.74, 6) is 0.386. The average molecular weight is 409 g/mol. The minimum atomic E-state index is -4.62. The van der Waals surface area contributed by atoms with Gasteiger partial charge in [-0.3, -0.25) is 0 Å². The quantitative estimate of drug-likeness (QED) is 0.628. The van der Waals surface area contributed by atoms with Gasteiger partial charge < -0.3 is 4.98 Å². The molecule has 1 unspecified atom stereocenters. The third-order valence-electron chi connectivity index (χ3n) is 4.19. The minimum absolute atomic E-state index is 0.361. The van der Waals surface area contributed by atoms with Gasteiger partial charge in [-0.25, -0.2) is 18.1 Å². The maximum Gasteiger partial charge on any atom is 0.416 e. The van der Waals surface area contributed by atoms with E-state index in [0.29, 0.717) is 24.0 Å². The first-order chi connectivity index (χ1) is 13.2. The number of imidazole rings is 1. The number of alkyl halides is 3. The standard InChI is InChI=1S/C19H18F3N3O2S/c1-2-16(18-23-12-17(24-18)13-7-4-3-5-8-13)25-28(26,27)15-10-6-9-14(11-15)19(20,21)22/h3-12,16,25H,2H2,1H3,(H,23,24). The molecular formula is C19H18F3N3O2S. The predicted molar refractivity (Wildman–Crippen MR) is 98.8 cm³/mol. The fourth-order valence-electron chi connectivity index (χ4n) is 2.71. The Labute approximate surface area is 160 Å². The molecule has 28 heavy (non-hydrogen) atoms. The lowest BCUT2D eigenvalue weighted by atomic mass is 10.2. The van der Waals surface area contributed by atoms with E-state index in [1.807, 2.05) is 30.3 Å². The van der Waals surface area contributed by atoms with Gasteiger partial charge in [0.2, 0.25) is 10.0 Å². The molecule has 9 heteroatoms. The van der Waals surface area contributed by atoms with Crippen molar-refractivity contribution in [3.63, 3.8) is 0 Å². The van der Waals surface area contributed by atoms with Gasteiger partial charge >= 0.3 is 6.18 Å². The summed E-state index contributed by atoms with van der Waals surface area (Å²) < 4.78 is 66.3. The van der Waals surface area contributed by atoms with Crippen LogP contribution in [0.5, 0.6) is 0 Å². The van der Waals surface area contributed by atoms with Crippen LogP contribution in [0.4, 0.5) is 13.2 Å². The van der Waals surface area contributed by atoms with E-state index in [-0.39, 0.29) is 0 Å². The fraction of sp³-hybridized carbons (Fsp3) is 0.211. The van der Waals surface area contributed by atoms with Crippen LogP contribution in [-0.2, 0) is 16.2 Å². The normalized spacial score (nSPS) is 13.4. The Hall–Kier alpha value is -2.65. The van der Waals surface area contributed by atoms with Gasteiger partial charge in [0.1, 0.15) is 5.82 Å². The van der Waals surface area contributed by atoms with Crippen LogP contribution in [-0.4, -0.2) is 18.4 Å². The third-order valence-corrected chi connectivity index (χ3v) is 5.66. The Morgan fingerprint density at radius 1 is 1.11 bits per heavy atom. The maximum atomic E-state index is 12.9. The van der Waals surface area contributed by atoms with Crippen LogP contribution in [0.2, 0.25) is 0 Å². The number of halogens is 3. The molecule has 1 heterocycles. The van der Waals surface area contributed by atoms with E-state index in [1.165, 1.54) is 0 Å². The Kier molecular flexibility index (Phi) is 5.57. The molecule has 3 rings (SSSR count). The van der Waals surface area contributed by atoms with Crippen LogP contribution in [0.3, 0.4) is 0 Å². The molecule has 5 nitrogen and oxygen atoms in total. The highest BCUT2D eigenvalue weighted by Gasteiger charge is 2.32. The molecule has 0 spiro atoms. The SMILES string of the molecule is CCC(NS(=O)(=O)c1cccc(C(F)(F)F)c1)c1ncc(-c2ccccc2)[nH]1. The van der Waals surface area contributed by atoms with Crippen LogP contribution < -0.4 is 4.72 Å². The first kappa shape index (κ1) is 20.1. The second kappa shape index (κ2) is 7.76. The zero-order chi connectivity index (χ0) is 20.4. The van der Waals surface area contributed by atoms with Crippen molar-refractivity contribution >= 4 is 10.0 Å². The first-order valence-electron chi connectivity index (χ1n) is 8.50. The van der Waals surface area contributed by atoms with Crippen LogP contribution in [0.15, 0.2) is 65.7 Å². The van der Waals surface area contributed by atoms with E-state index >= 15 is 0 Å². The molecule has 2 N–H and O–H groups in total. The van der Waals surface area contributed by atoms with E-state index in [0.717, 1.165) is 23.8 Å². The molecule has 0 aliphatic heterocycles. The van der Waals surface area contributed by atoms with Crippen molar-refractivity contribution in [1.29, 1.82) is 0 Å². The van der Waals surface area contributed by atoms with Gasteiger partial charge in [0, 0.05) is 0 Å². The highest BCUT2D eigenvalue weighted by atomic mass is 32.2. The summed E-state index contributed by atoms with van der Waals surface area (Å²) in [6, 6.07) is 12.3. The first-order valence-corrected chi connectivity index (χ1v) is 9.99. The van der Waals surface area contributed by atoms with E-state index in [9.17, 15) is 21.6 Å². The fourth-order valence-corrected chi connectivity index (χ4v) is 4.03. The number of nitrogens with one attached hydrogen (secondary N) is 2. The van der Waals surface area contributed by atoms with Crippen LogP contribution >= 0.6 is 0 Å². The van der Waals surface area contributed by atoms with Gasteiger partial charge in [-0.15, -0.1) is 0 Å². The number of nitrogens with zero attached hydrogens (tertiary/aromatic N) is 1. The summed E-state index contributed by atoms with van der Waals surface area (Å²) >= 11 is 0. The monoisotopic (exact) mass is 409 g/mol. The van der Waals surface area contributed by atoms with E-state index in [4.69, 9.17) is 0 Å². The zero-order valence-corrected chi connectivity index (χ0v) is 15.7. The molecule has 1 atom stereocenters. The van der Waals surface area contributed by atoms with Crippen LogP contribution in [0.25, 0.3) is 11.3 Å². The van der Waals surface area contributed by atoms with E-state index < -0.39 is 32.7 Å². The number of hydrogen-bond acceptors (Lipinski definition) is 3. The summed E-state index contributed by atoms with van der Waals surface area (Å²) in [6.07, 6.45) is -2.67. The number of sulfonamides is 1. The molecule has 1 aromatic heterocycles.